The molecule has 1 heterocycles. The third-order valence-electron chi connectivity index (χ3n) is 3.59. The van der Waals surface area contributed by atoms with Crippen molar-refractivity contribution in [2.24, 2.45) is 0 Å². The van der Waals surface area contributed by atoms with Gasteiger partial charge in [0.25, 0.3) is 0 Å². The van der Waals surface area contributed by atoms with Crippen LogP contribution in [0.2, 0.25) is 0 Å². The second-order valence-electron chi connectivity index (χ2n) is 4.96. The Kier molecular flexibility index (Phi) is 5.06. The quantitative estimate of drug-likeness (QED) is 0.784. The Balaban J connectivity index is 2.26. The van der Waals surface area contributed by atoms with Crippen LogP contribution < -0.4 is 5.73 Å². The van der Waals surface area contributed by atoms with Crippen molar-refractivity contribution in [2.45, 2.75) is 36.6 Å². The minimum Gasteiger partial charge on any atom is -0.398 e. The second-order valence-corrected chi connectivity index (χ2v) is 7.71. The Morgan fingerprint density at radius 1 is 1.45 bits per heavy atom. The molecule has 3 N–H and O–H groups in total. The topological polar surface area (TPSA) is 83.6 Å². The molecule has 0 aromatic heterocycles. The smallest absolute Gasteiger partial charge is 0.243 e. The van der Waals surface area contributed by atoms with Gasteiger partial charge in [-0.1, -0.05) is 0 Å². The van der Waals surface area contributed by atoms with E-state index in [4.69, 9.17) is 10.8 Å². The zero-order chi connectivity index (χ0) is 14.8. The van der Waals surface area contributed by atoms with Gasteiger partial charge in [0.15, 0.2) is 0 Å². The second kappa shape index (κ2) is 6.43. The lowest BCUT2D eigenvalue weighted by molar-refractivity contribution is 0.264. The fourth-order valence-electron chi connectivity index (χ4n) is 2.56. The standard InChI is InChI=1S/C13H19BrN2O3S/c14-12-6-5-11(9-13(12)15)20(18,19)16-7-1-3-10(16)4-2-8-17/h5-6,9-10,17H,1-4,7-8,15H2. The summed E-state index contributed by atoms with van der Waals surface area (Å²) in [5.41, 5.74) is 6.18. The van der Waals surface area contributed by atoms with Gasteiger partial charge < -0.3 is 10.8 Å². The third kappa shape index (κ3) is 3.16. The largest absolute Gasteiger partial charge is 0.398 e. The molecule has 5 nitrogen and oxygen atoms in total. The minimum absolute atomic E-state index is 0.0166. The number of sulfonamides is 1. The molecule has 0 radical (unpaired) electrons. The van der Waals surface area contributed by atoms with Crippen molar-refractivity contribution in [1.29, 1.82) is 0 Å². The van der Waals surface area contributed by atoms with Crippen LogP contribution in [0.4, 0.5) is 5.69 Å². The van der Waals surface area contributed by atoms with Gasteiger partial charge in [-0.3, -0.25) is 0 Å². The summed E-state index contributed by atoms with van der Waals surface area (Å²) in [6.45, 7) is 0.629. The highest BCUT2D eigenvalue weighted by molar-refractivity contribution is 9.10. The summed E-state index contributed by atoms with van der Waals surface area (Å²) in [5.74, 6) is 0. The predicted octanol–water partition coefficient (Wildman–Crippen LogP) is 1.96. The van der Waals surface area contributed by atoms with Crippen molar-refractivity contribution in [2.75, 3.05) is 18.9 Å². The summed E-state index contributed by atoms with van der Waals surface area (Å²) in [7, 11) is -3.51. The van der Waals surface area contributed by atoms with Gasteiger partial charge in [0.2, 0.25) is 10.0 Å². The maximum absolute atomic E-state index is 12.7. The molecule has 0 aliphatic carbocycles. The Morgan fingerprint density at radius 2 is 2.20 bits per heavy atom. The van der Waals surface area contributed by atoms with Crippen LogP contribution in [-0.4, -0.2) is 37.0 Å². The molecule has 7 heteroatoms. The van der Waals surface area contributed by atoms with Crippen LogP contribution in [0.1, 0.15) is 25.7 Å². The molecule has 1 aliphatic heterocycles. The van der Waals surface area contributed by atoms with Crippen LogP contribution in [0.25, 0.3) is 0 Å². The summed E-state index contributed by atoms with van der Waals surface area (Å²) in [5, 5.41) is 8.91. The number of anilines is 1. The van der Waals surface area contributed by atoms with Gasteiger partial charge >= 0.3 is 0 Å². The van der Waals surface area contributed by atoms with Crippen LogP contribution in [0.5, 0.6) is 0 Å². The molecule has 1 atom stereocenters. The Labute approximate surface area is 128 Å². The van der Waals surface area contributed by atoms with E-state index < -0.39 is 10.0 Å². The summed E-state index contributed by atoms with van der Waals surface area (Å²) >= 11 is 3.26. The van der Waals surface area contributed by atoms with Gasteiger partial charge in [0.1, 0.15) is 0 Å². The highest BCUT2D eigenvalue weighted by Crippen LogP contribution is 2.30. The lowest BCUT2D eigenvalue weighted by atomic mass is 10.1. The van der Waals surface area contributed by atoms with E-state index in [2.05, 4.69) is 15.9 Å². The van der Waals surface area contributed by atoms with Gasteiger partial charge in [0.05, 0.1) is 4.90 Å². The number of hydrogen-bond donors (Lipinski definition) is 2. The lowest BCUT2D eigenvalue weighted by Gasteiger charge is -2.24. The Morgan fingerprint density at radius 3 is 2.85 bits per heavy atom. The first-order chi connectivity index (χ1) is 9.46. The fraction of sp³-hybridized carbons (Fsp3) is 0.538. The first-order valence-corrected chi connectivity index (χ1v) is 8.88. The molecule has 1 aromatic carbocycles. The van der Waals surface area contributed by atoms with Gasteiger partial charge in [0, 0.05) is 29.4 Å². The summed E-state index contributed by atoms with van der Waals surface area (Å²) in [6, 6.07) is 4.69. The molecule has 1 aromatic rings. The summed E-state index contributed by atoms with van der Waals surface area (Å²) < 4.78 is 27.6. The normalized spacial score (nSPS) is 20.4. The number of halogens is 1. The monoisotopic (exact) mass is 362 g/mol. The van der Waals surface area contributed by atoms with Gasteiger partial charge in [-0.2, -0.15) is 4.31 Å². The van der Waals surface area contributed by atoms with E-state index in [9.17, 15) is 8.42 Å². The van der Waals surface area contributed by atoms with Crippen molar-refractivity contribution >= 4 is 31.6 Å². The molecule has 1 unspecified atom stereocenters. The van der Waals surface area contributed by atoms with Crippen LogP contribution >= 0.6 is 15.9 Å². The van der Waals surface area contributed by atoms with Crippen LogP contribution in [-0.2, 0) is 10.0 Å². The number of rotatable bonds is 5. The molecule has 0 bridgehead atoms. The van der Waals surface area contributed by atoms with Gasteiger partial charge in [-0.15, -0.1) is 0 Å². The number of aliphatic hydroxyl groups is 1. The van der Waals surface area contributed by atoms with E-state index >= 15 is 0 Å². The van der Waals surface area contributed by atoms with Crippen LogP contribution in [0.3, 0.4) is 0 Å². The van der Waals surface area contributed by atoms with Crippen LogP contribution in [0, 0.1) is 0 Å². The molecule has 1 fully saturated rings. The van der Waals surface area contributed by atoms with Crippen molar-refractivity contribution in [3.8, 4) is 0 Å². The fourth-order valence-corrected chi connectivity index (χ4v) is 4.56. The minimum atomic E-state index is -3.51. The zero-order valence-corrected chi connectivity index (χ0v) is 13.5. The lowest BCUT2D eigenvalue weighted by Crippen LogP contribution is -2.35. The van der Waals surface area contributed by atoms with E-state index in [0.717, 1.165) is 12.8 Å². The Hall–Kier alpha value is -0.630. The molecule has 1 aliphatic rings. The highest BCUT2D eigenvalue weighted by Gasteiger charge is 2.34. The molecular formula is C13H19BrN2O3S. The molecule has 0 saturated carbocycles. The van der Waals surface area contributed by atoms with Gasteiger partial charge in [-0.05, 0) is 59.8 Å². The predicted molar refractivity (Wildman–Crippen MR) is 81.8 cm³/mol. The van der Waals surface area contributed by atoms with E-state index in [-0.39, 0.29) is 17.5 Å². The van der Waals surface area contributed by atoms with E-state index in [1.807, 2.05) is 0 Å². The van der Waals surface area contributed by atoms with E-state index in [0.29, 0.717) is 29.5 Å². The van der Waals surface area contributed by atoms with Crippen molar-refractivity contribution in [1.82, 2.24) is 4.31 Å². The molecular weight excluding hydrogens is 344 g/mol. The molecule has 1 saturated heterocycles. The average molecular weight is 363 g/mol. The summed E-state index contributed by atoms with van der Waals surface area (Å²) in [4.78, 5) is 0.231. The van der Waals surface area contributed by atoms with Crippen molar-refractivity contribution in [3.63, 3.8) is 0 Å². The van der Waals surface area contributed by atoms with E-state index in [1.165, 1.54) is 6.07 Å². The zero-order valence-electron chi connectivity index (χ0n) is 11.1. The number of aliphatic hydroxyl groups excluding tert-OH is 1. The maximum atomic E-state index is 12.7. The first-order valence-electron chi connectivity index (χ1n) is 6.64. The first kappa shape index (κ1) is 15.8. The number of nitrogens with zero attached hydrogens (tertiary/aromatic N) is 1. The van der Waals surface area contributed by atoms with E-state index in [1.54, 1.807) is 16.4 Å². The molecule has 0 amide bonds. The average Bonchev–Trinajstić information content (AvgIpc) is 2.88. The molecule has 0 spiro atoms. The third-order valence-corrected chi connectivity index (χ3v) is 6.26. The molecule has 112 valence electrons. The summed E-state index contributed by atoms with van der Waals surface area (Å²) in [6.07, 6.45) is 3.04. The maximum Gasteiger partial charge on any atom is 0.243 e. The molecule has 2 rings (SSSR count). The number of nitrogens with two attached hydrogens (primary N) is 1. The van der Waals surface area contributed by atoms with Crippen molar-refractivity contribution in [3.05, 3.63) is 22.7 Å². The Bertz CT molecular complexity index is 577. The van der Waals surface area contributed by atoms with Crippen molar-refractivity contribution < 1.29 is 13.5 Å². The highest BCUT2D eigenvalue weighted by atomic mass is 79.9. The van der Waals surface area contributed by atoms with Crippen LogP contribution in [0.15, 0.2) is 27.6 Å². The number of benzene rings is 1. The number of hydrogen-bond acceptors (Lipinski definition) is 4. The number of nitrogen functional groups attached to an aromatic ring is 1. The molecule has 20 heavy (non-hydrogen) atoms. The SMILES string of the molecule is Nc1cc(S(=O)(=O)N2CCCC2CCCO)ccc1Br. The van der Waals surface area contributed by atoms with Gasteiger partial charge in [-0.25, -0.2) is 8.42 Å².